The number of halogens is 1. The van der Waals surface area contributed by atoms with Crippen molar-refractivity contribution < 1.29 is 13.9 Å². The second-order valence-corrected chi connectivity index (χ2v) is 4.97. The van der Waals surface area contributed by atoms with E-state index in [9.17, 15) is 4.39 Å². The van der Waals surface area contributed by atoms with Crippen LogP contribution in [0.5, 0.6) is 11.5 Å². The van der Waals surface area contributed by atoms with Crippen LogP contribution in [0.1, 0.15) is 6.92 Å². The van der Waals surface area contributed by atoms with E-state index >= 15 is 0 Å². The van der Waals surface area contributed by atoms with E-state index in [1.54, 1.807) is 19.2 Å². The number of hydrogen-bond donors (Lipinski definition) is 2. The highest BCUT2D eigenvalue weighted by atomic mass is 19.1. The van der Waals surface area contributed by atoms with Crippen molar-refractivity contribution >= 4 is 11.6 Å². The van der Waals surface area contributed by atoms with Crippen LogP contribution in [0.3, 0.4) is 0 Å². The largest absolute Gasteiger partial charge is 0.497 e. The van der Waals surface area contributed by atoms with Crippen molar-refractivity contribution in [2.24, 2.45) is 10.7 Å². The molecule has 0 saturated heterocycles. The third kappa shape index (κ3) is 5.50. The molecule has 6 heteroatoms. The molecular weight excluding hydrogens is 297 g/mol. The van der Waals surface area contributed by atoms with Crippen molar-refractivity contribution in [2.45, 2.75) is 13.0 Å². The number of nitrogens with one attached hydrogen (secondary N) is 1. The molecule has 122 valence electrons. The van der Waals surface area contributed by atoms with Gasteiger partial charge in [-0.25, -0.2) is 9.38 Å². The van der Waals surface area contributed by atoms with Gasteiger partial charge in [-0.2, -0.15) is 0 Å². The van der Waals surface area contributed by atoms with Crippen LogP contribution in [0, 0.1) is 5.82 Å². The second-order valence-electron chi connectivity index (χ2n) is 4.97. The average Bonchev–Trinajstić information content (AvgIpc) is 2.54. The molecule has 5 nitrogen and oxygen atoms in total. The fraction of sp³-hybridized carbons (Fsp3) is 0.235. The zero-order chi connectivity index (χ0) is 16.7. The predicted molar refractivity (Wildman–Crippen MR) is 89.6 cm³/mol. The molecule has 0 aliphatic carbocycles. The maximum atomic E-state index is 13.1. The summed E-state index contributed by atoms with van der Waals surface area (Å²) in [6.07, 6.45) is -0.229. The molecule has 3 N–H and O–H groups in total. The number of nitrogens with two attached hydrogens (primary N) is 1. The Kier molecular flexibility index (Phi) is 5.80. The second kappa shape index (κ2) is 8.03. The van der Waals surface area contributed by atoms with E-state index in [4.69, 9.17) is 15.2 Å². The SMILES string of the molecule is COc1ccc(NC(N)=NCC(C)Oc2cccc(F)c2)cc1. The minimum absolute atomic E-state index is 0.229. The molecule has 2 rings (SSSR count). The van der Waals surface area contributed by atoms with Crippen LogP contribution < -0.4 is 20.5 Å². The van der Waals surface area contributed by atoms with Gasteiger partial charge >= 0.3 is 0 Å². The fourth-order valence-electron chi connectivity index (χ4n) is 1.90. The van der Waals surface area contributed by atoms with Crippen molar-refractivity contribution in [3.63, 3.8) is 0 Å². The molecule has 0 fully saturated rings. The number of guanidine groups is 1. The van der Waals surface area contributed by atoms with Crippen LogP contribution in [0.2, 0.25) is 0 Å². The van der Waals surface area contributed by atoms with Gasteiger partial charge in [-0.05, 0) is 43.3 Å². The van der Waals surface area contributed by atoms with Crippen molar-refractivity contribution in [3.05, 3.63) is 54.3 Å². The monoisotopic (exact) mass is 317 g/mol. The van der Waals surface area contributed by atoms with Gasteiger partial charge in [0.2, 0.25) is 0 Å². The van der Waals surface area contributed by atoms with E-state index < -0.39 is 0 Å². The summed E-state index contributed by atoms with van der Waals surface area (Å²) in [6.45, 7) is 2.20. The summed E-state index contributed by atoms with van der Waals surface area (Å²) in [6, 6.07) is 13.3. The molecule has 0 aliphatic rings. The Hall–Kier alpha value is -2.76. The molecule has 0 radical (unpaired) electrons. The summed E-state index contributed by atoms with van der Waals surface area (Å²) in [5.41, 5.74) is 6.65. The summed E-state index contributed by atoms with van der Waals surface area (Å²) in [5, 5.41) is 2.98. The quantitative estimate of drug-likeness (QED) is 0.635. The van der Waals surface area contributed by atoms with Gasteiger partial charge in [0.1, 0.15) is 23.4 Å². The molecule has 0 saturated carbocycles. The van der Waals surface area contributed by atoms with E-state index in [0.29, 0.717) is 12.3 Å². The predicted octanol–water partition coefficient (Wildman–Crippen LogP) is 3.03. The van der Waals surface area contributed by atoms with Crippen LogP contribution >= 0.6 is 0 Å². The minimum atomic E-state index is -0.334. The molecule has 0 aliphatic heterocycles. The number of methoxy groups -OCH3 is 1. The maximum Gasteiger partial charge on any atom is 0.193 e. The Morgan fingerprint density at radius 3 is 2.61 bits per heavy atom. The van der Waals surface area contributed by atoms with E-state index in [-0.39, 0.29) is 17.9 Å². The Labute approximate surface area is 134 Å². The molecule has 1 atom stereocenters. The van der Waals surface area contributed by atoms with Gasteiger partial charge in [-0.1, -0.05) is 6.07 Å². The van der Waals surface area contributed by atoms with Gasteiger partial charge in [-0.3, -0.25) is 0 Å². The Morgan fingerprint density at radius 1 is 1.22 bits per heavy atom. The van der Waals surface area contributed by atoms with E-state index in [1.165, 1.54) is 12.1 Å². The summed E-state index contributed by atoms with van der Waals surface area (Å²) in [5.74, 6) is 1.18. The van der Waals surface area contributed by atoms with E-state index in [1.807, 2.05) is 31.2 Å². The first-order chi connectivity index (χ1) is 11.1. The molecular formula is C17H20FN3O2. The minimum Gasteiger partial charge on any atom is -0.497 e. The first kappa shape index (κ1) is 16.6. The van der Waals surface area contributed by atoms with Crippen molar-refractivity contribution in [2.75, 3.05) is 19.0 Å². The molecule has 0 bridgehead atoms. The first-order valence-electron chi connectivity index (χ1n) is 7.20. The molecule has 23 heavy (non-hydrogen) atoms. The lowest BCUT2D eigenvalue weighted by Crippen LogP contribution is -2.25. The smallest absolute Gasteiger partial charge is 0.193 e. The lowest BCUT2D eigenvalue weighted by molar-refractivity contribution is 0.229. The van der Waals surface area contributed by atoms with Gasteiger partial charge in [0.15, 0.2) is 5.96 Å². The highest BCUT2D eigenvalue weighted by molar-refractivity contribution is 5.92. The Morgan fingerprint density at radius 2 is 1.96 bits per heavy atom. The zero-order valence-corrected chi connectivity index (χ0v) is 13.1. The van der Waals surface area contributed by atoms with E-state index in [0.717, 1.165) is 11.4 Å². The normalized spacial score (nSPS) is 12.6. The van der Waals surface area contributed by atoms with Crippen LogP contribution in [0.4, 0.5) is 10.1 Å². The van der Waals surface area contributed by atoms with Crippen LogP contribution in [-0.4, -0.2) is 25.7 Å². The third-order valence-corrected chi connectivity index (χ3v) is 3.01. The number of hydrogen-bond acceptors (Lipinski definition) is 3. The summed E-state index contributed by atoms with van der Waals surface area (Å²) in [4.78, 5) is 4.21. The number of aliphatic imine (C=N–C) groups is 1. The van der Waals surface area contributed by atoms with Crippen LogP contribution in [0.25, 0.3) is 0 Å². The molecule has 2 aromatic carbocycles. The highest BCUT2D eigenvalue weighted by Gasteiger charge is 2.05. The van der Waals surface area contributed by atoms with Gasteiger partial charge < -0.3 is 20.5 Å². The lowest BCUT2D eigenvalue weighted by atomic mass is 10.3. The standard InChI is InChI=1S/C17H20FN3O2/c1-12(23-16-5-3-4-13(18)10-16)11-20-17(19)21-14-6-8-15(22-2)9-7-14/h3-10,12H,11H2,1-2H3,(H3,19,20,21). The number of anilines is 1. The third-order valence-electron chi connectivity index (χ3n) is 3.01. The summed E-state index contributed by atoms with van der Waals surface area (Å²) < 4.78 is 23.7. The molecule has 2 aromatic rings. The average molecular weight is 317 g/mol. The molecule has 0 amide bonds. The van der Waals surface area contributed by atoms with Crippen molar-refractivity contribution in [1.29, 1.82) is 0 Å². The van der Waals surface area contributed by atoms with Gasteiger partial charge in [0.05, 0.1) is 13.7 Å². The van der Waals surface area contributed by atoms with Crippen LogP contribution in [-0.2, 0) is 0 Å². The number of rotatable bonds is 6. The first-order valence-corrected chi connectivity index (χ1v) is 7.20. The molecule has 0 heterocycles. The van der Waals surface area contributed by atoms with Crippen LogP contribution in [0.15, 0.2) is 53.5 Å². The topological polar surface area (TPSA) is 68.9 Å². The molecule has 0 spiro atoms. The summed E-state index contributed by atoms with van der Waals surface area (Å²) >= 11 is 0. The van der Waals surface area contributed by atoms with E-state index in [2.05, 4.69) is 10.3 Å². The number of benzene rings is 2. The van der Waals surface area contributed by atoms with Crippen molar-refractivity contribution in [3.8, 4) is 11.5 Å². The maximum absolute atomic E-state index is 13.1. The summed E-state index contributed by atoms with van der Waals surface area (Å²) in [7, 11) is 1.61. The van der Waals surface area contributed by atoms with Gasteiger partial charge in [0, 0.05) is 11.8 Å². The number of nitrogens with zero attached hydrogens (tertiary/aromatic N) is 1. The zero-order valence-electron chi connectivity index (χ0n) is 13.1. The molecule has 0 aromatic heterocycles. The Bertz CT molecular complexity index is 659. The highest BCUT2D eigenvalue weighted by Crippen LogP contribution is 2.15. The molecule has 1 unspecified atom stereocenters. The Balaban J connectivity index is 1.85. The van der Waals surface area contributed by atoms with Gasteiger partial charge in [0.25, 0.3) is 0 Å². The van der Waals surface area contributed by atoms with Crippen molar-refractivity contribution in [1.82, 2.24) is 0 Å². The van der Waals surface area contributed by atoms with Gasteiger partial charge in [-0.15, -0.1) is 0 Å². The number of ether oxygens (including phenoxy) is 2. The fourth-order valence-corrected chi connectivity index (χ4v) is 1.90. The lowest BCUT2D eigenvalue weighted by Gasteiger charge is -2.13.